The van der Waals surface area contributed by atoms with Crippen LogP contribution in [0.5, 0.6) is 0 Å². The number of carboxylic acid groups (broad SMARTS) is 1. The molecule has 0 aliphatic rings. The number of carbonyl (C=O) groups is 1. The van der Waals surface area contributed by atoms with Crippen molar-refractivity contribution in [2.24, 2.45) is 4.99 Å². The average molecular weight is 421 g/mol. The molecule has 1 unspecified atom stereocenters. The van der Waals surface area contributed by atoms with Crippen LogP contribution in [0.1, 0.15) is 22.3 Å². The van der Waals surface area contributed by atoms with Crippen molar-refractivity contribution in [3.8, 4) is 11.3 Å². The van der Waals surface area contributed by atoms with E-state index in [-0.39, 0.29) is 6.42 Å². The standard InChI is InChI=1S/C28H24N2O2/c1-20-10-8-9-15-24(20)25-17-16-21(19-29-25)18-26(28(31)32)30-27(22-11-4-2-5-12-22)23-13-6-3-7-14-23/h2-17,19,26H,18H2,1H3,(H,31,32). The van der Waals surface area contributed by atoms with Gasteiger partial charge in [0.05, 0.1) is 11.4 Å². The highest BCUT2D eigenvalue weighted by molar-refractivity contribution is 6.13. The van der Waals surface area contributed by atoms with Crippen molar-refractivity contribution in [2.75, 3.05) is 0 Å². The Balaban J connectivity index is 1.65. The Bertz CT molecular complexity index is 1180. The molecule has 0 saturated carbocycles. The minimum atomic E-state index is -0.961. The third-order valence-electron chi connectivity index (χ3n) is 5.34. The van der Waals surface area contributed by atoms with E-state index < -0.39 is 12.0 Å². The number of aliphatic carboxylic acids is 1. The number of benzene rings is 3. The zero-order chi connectivity index (χ0) is 22.3. The lowest BCUT2D eigenvalue weighted by atomic mass is 10.0. The minimum absolute atomic E-state index is 0.263. The summed E-state index contributed by atoms with van der Waals surface area (Å²) in [5.41, 5.74) is 6.37. The Morgan fingerprint density at radius 1 is 0.844 bits per heavy atom. The molecule has 1 atom stereocenters. The van der Waals surface area contributed by atoms with Crippen LogP contribution < -0.4 is 0 Å². The summed E-state index contributed by atoms with van der Waals surface area (Å²) in [6.07, 6.45) is 2.01. The van der Waals surface area contributed by atoms with Gasteiger partial charge in [-0.3, -0.25) is 9.98 Å². The Labute approximate surface area is 187 Å². The summed E-state index contributed by atoms with van der Waals surface area (Å²) in [6, 6.07) is 30.4. The fourth-order valence-corrected chi connectivity index (χ4v) is 3.64. The number of pyridine rings is 1. The maximum absolute atomic E-state index is 12.1. The molecule has 3 aromatic carbocycles. The van der Waals surface area contributed by atoms with E-state index in [0.717, 1.165) is 33.5 Å². The van der Waals surface area contributed by atoms with E-state index in [1.807, 2.05) is 91.0 Å². The van der Waals surface area contributed by atoms with Crippen LogP contribution >= 0.6 is 0 Å². The van der Waals surface area contributed by atoms with Crippen LogP contribution in [0.4, 0.5) is 0 Å². The molecule has 4 rings (SSSR count). The van der Waals surface area contributed by atoms with Gasteiger partial charge in [0.15, 0.2) is 6.04 Å². The first kappa shape index (κ1) is 21.2. The van der Waals surface area contributed by atoms with Crippen LogP contribution in [0.3, 0.4) is 0 Å². The monoisotopic (exact) mass is 420 g/mol. The topological polar surface area (TPSA) is 62.5 Å². The van der Waals surface area contributed by atoms with Gasteiger partial charge in [-0.2, -0.15) is 0 Å². The van der Waals surface area contributed by atoms with Gasteiger partial charge in [-0.15, -0.1) is 0 Å². The summed E-state index contributed by atoms with van der Waals surface area (Å²) in [5.74, 6) is -0.961. The highest BCUT2D eigenvalue weighted by Crippen LogP contribution is 2.22. The Kier molecular flexibility index (Phi) is 6.52. The van der Waals surface area contributed by atoms with E-state index in [9.17, 15) is 9.90 Å². The average Bonchev–Trinajstić information content (AvgIpc) is 2.83. The van der Waals surface area contributed by atoms with Gasteiger partial charge < -0.3 is 5.11 Å². The zero-order valence-electron chi connectivity index (χ0n) is 17.8. The number of hydrogen-bond donors (Lipinski definition) is 1. The summed E-state index contributed by atoms with van der Waals surface area (Å²) < 4.78 is 0. The number of carboxylic acids is 1. The van der Waals surface area contributed by atoms with E-state index in [4.69, 9.17) is 4.99 Å². The van der Waals surface area contributed by atoms with Crippen LogP contribution in [0.15, 0.2) is 108 Å². The number of aryl methyl sites for hydroxylation is 1. The number of hydrogen-bond acceptors (Lipinski definition) is 3. The number of nitrogens with zero attached hydrogens (tertiary/aromatic N) is 2. The highest BCUT2D eigenvalue weighted by Gasteiger charge is 2.20. The second-order valence-corrected chi connectivity index (χ2v) is 7.63. The Morgan fingerprint density at radius 2 is 1.44 bits per heavy atom. The lowest BCUT2D eigenvalue weighted by Crippen LogP contribution is -2.23. The van der Waals surface area contributed by atoms with Crippen LogP contribution in [-0.2, 0) is 11.2 Å². The van der Waals surface area contributed by atoms with E-state index in [1.54, 1.807) is 6.20 Å². The molecule has 0 spiro atoms. The second kappa shape index (κ2) is 9.84. The van der Waals surface area contributed by atoms with Crippen molar-refractivity contribution < 1.29 is 9.90 Å². The van der Waals surface area contributed by atoms with Gasteiger partial charge in [-0.05, 0) is 24.1 Å². The molecule has 4 nitrogen and oxygen atoms in total. The minimum Gasteiger partial charge on any atom is -0.480 e. The number of aliphatic imine (C=N–C) groups is 1. The summed E-state index contributed by atoms with van der Waals surface area (Å²) in [7, 11) is 0. The molecule has 32 heavy (non-hydrogen) atoms. The second-order valence-electron chi connectivity index (χ2n) is 7.63. The van der Waals surface area contributed by atoms with Gasteiger partial charge in [-0.25, -0.2) is 4.79 Å². The normalized spacial score (nSPS) is 11.5. The first-order valence-corrected chi connectivity index (χ1v) is 10.5. The molecule has 4 heteroatoms. The summed E-state index contributed by atoms with van der Waals surface area (Å²) in [5, 5.41) is 9.92. The van der Waals surface area contributed by atoms with E-state index in [1.165, 1.54) is 0 Å². The highest BCUT2D eigenvalue weighted by atomic mass is 16.4. The van der Waals surface area contributed by atoms with Gasteiger partial charge in [0, 0.05) is 29.3 Å². The molecule has 0 radical (unpaired) electrons. The predicted molar refractivity (Wildman–Crippen MR) is 128 cm³/mol. The van der Waals surface area contributed by atoms with Gasteiger partial charge in [0.25, 0.3) is 0 Å². The van der Waals surface area contributed by atoms with Gasteiger partial charge in [0.2, 0.25) is 0 Å². The molecule has 1 aromatic heterocycles. The summed E-state index contributed by atoms with van der Waals surface area (Å²) in [4.78, 5) is 21.4. The SMILES string of the molecule is Cc1ccccc1-c1ccc(CC(N=C(c2ccccc2)c2ccccc2)C(=O)O)cn1. The van der Waals surface area contributed by atoms with Crippen LogP contribution in [0.25, 0.3) is 11.3 Å². The lowest BCUT2D eigenvalue weighted by molar-refractivity contribution is -0.138. The maximum atomic E-state index is 12.1. The molecule has 4 aromatic rings. The van der Waals surface area contributed by atoms with E-state index >= 15 is 0 Å². The molecule has 158 valence electrons. The van der Waals surface area contributed by atoms with Crippen LogP contribution in [0.2, 0.25) is 0 Å². The van der Waals surface area contributed by atoms with Gasteiger partial charge >= 0.3 is 5.97 Å². The predicted octanol–water partition coefficient (Wildman–Crippen LogP) is 5.59. The molecule has 0 saturated heterocycles. The van der Waals surface area contributed by atoms with Crippen LogP contribution in [-0.4, -0.2) is 27.8 Å². The third kappa shape index (κ3) is 4.98. The van der Waals surface area contributed by atoms with Crippen molar-refractivity contribution in [1.29, 1.82) is 0 Å². The number of aromatic nitrogens is 1. The molecule has 0 bridgehead atoms. The third-order valence-corrected chi connectivity index (χ3v) is 5.34. The first-order valence-electron chi connectivity index (χ1n) is 10.5. The van der Waals surface area contributed by atoms with E-state index in [2.05, 4.69) is 18.0 Å². The summed E-state index contributed by atoms with van der Waals surface area (Å²) >= 11 is 0. The number of rotatable bonds is 7. The fraction of sp³-hybridized carbons (Fsp3) is 0.107. The maximum Gasteiger partial charge on any atom is 0.328 e. The molecule has 1 heterocycles. The van der Waals surface area contributed by atoms with Gasteiger partial charge in [0.1, 0.15) is 0 Å². The molecule has 0 aliphatic carbocycles. The molecule has 1 N–H and O–H groups in total. The van der Waals surface area contributed by atoms with Crippen molar-refractivity contribution in [3.63, 3.8) is 0 Å². The van der Waals surface area contributed by atoms with Crippen molar-refractivity contribution >= 4 is 11.7 Å². The van der Waals surface area contributed by atoms with Crippen molar-refractivity contribution in [2.45, 2.75) is 19.4 Å². The fourth-order valence-electron chi connectivity index (χ4n) is 3.64. The summed E-state index contributed by atoms with van der Waals surface area (Å²) in [6.45, 7) is 2.05. The molecule has 0 amide bonds. The van der Waals surface area contributed by atoms with Crippen molar-refractivity contribution in [3.05, 3.63) is 126 Å². The molecule has 0 aliphatic heterocycles. The quantitative estimate of drug-likeness (QED) is 0.396. The lowest BCUT2D eigenvalue weighted by Gasteiger charge is -2.13. The van der Waals surface area contributed by atoms with E-state index in [0.29, 0.717) is 5.71 Å². The zero-order valence-corrected chi connectivity index (χ0v) is 17.8. The molecule has 0 fully saturated rings. The largest absolute Gasteiger partial charge is 0.480 e. The smallest absolute Gasteiger partial charge is 0.328 e. The Hall–Kier alpha value is -4.05. The first-order chi connectivity index (χ1) is 15.6. The van der Waals surface area contributed by atoms with Gasteiger partial charge in [-0.1, -0.05) is 91.0 Å². The van der Waals surface area contributed by atoms with Crippen molar-refractivity contribution in [1.82, 2.24) is 4.98 Å². The molecular weight excluding hydrogens is 396 g/mol. The van der Waals surface area contributed by atoms with Crippen LogP contribution in [0, 0.1) is 6.92 Å². The Morgan fingerprint density at radius 3 is 1.97 bits per heavy atom. The molecular formula is C28H24N2O2.